The molecule has 18 heavy (non-hydrogen) atoms. The second-order valence-electron chi connectivity index (χ2n) is 3.42. The van der Waals surface area contributed by atoms with Gasteiger partial charge in [-0.05, 0) is 29.8 Å². The molecular weight excluding hydrogens is 248 g/mol. The molecule has 0 saturated carbocycles. The van der Waals surface area contributed by atoms with Gasteiger partial charge in [-0.25, -0.2) is 8.78 Å². The summed E-state index contributed by atoms with van der Waals surface area (Å²) >= 11 is 0. The van der Waals surface area contributed by atoms with Crippen molar-refractivity contribution in [2.24, 2.45) is 0 Å². The van der Waals surface area contributed by atoms with E-state index >= 15 is 0 Å². The van der Waals surface area contributed by atoms with Gasteiger partial charge in [0, 0.05) is 6.07 Å². The van der Waals surface area contributed by atoms with Gasteiger partial charge in [0.1, 0.15) is 17.4 Å². The molecular formula is C13H7F4O. The van der Waals surface area contributed by atoms with Crippen molar-refractivity contribution in [3.63, 3.8) is 0 Å². The summed E-state index contributed by atoms with van der Waals surface area (Å²) in [5.41, 5.74) is -0.175. The minimum Gasteiger partial charge on any atom is -0.434 e. The molecule has 5 heteroatoms. The maximum absolute atomic E-state index is 13.5. The lowest BCUT2D eigenvalue weighted by Crippen LogP contribution is -2.02. The highest BCUT2D eigenvalue weighted by Crippen LogP contribution is 2.28. The molecule has 2 aromatic carbocycles. The summed E-state index contributed by atoms with van der Waals surface area (Å²) < 4.78 is 55.2. The van der Waals surface area contributed by atoms with Gasteiger partial charge in [-0.1, -0.05) is 12.1 Å². The van der Waals surface area contributed by atoms with Crippen LogP contribution in [0.2, 0.25) is 0 Å². The summed E-state index contributed by atoms with van der Waals surface area (Å²) in [6.07, 6.45) is 0. The Kier molecular flexibility index (Phi) is 3.50. The van der Waals surface area contributed by atoms with Crippen molar-refractivity contribution in [1.29, 1.82) is 0 Å². The molecule has 0 fully saturated rings. The van der Waals surface area contributed by atoms with E-state index in [1.54, 1.807) is 0 Å². The second kappa shape index (κ2) is 5.08. The minimum absolute atomic E-state index is 0.111. The Balaban J connectivity index is 2.45. The molecule has 0 aliphatic heterocycles. The van der Waals surface area contributed by atoms with E-state index in [1.807, 2.05) is 0 Å². The van der Waals surface area contributed by atoms with E-state index in [4.69, 9.17) is 0 Å². The number of hydrogen-bond donors (Lipinski definition) is 0. The number of rotatable bonds is 3. The van der Waals surface area contributed by atoms with Gasteiger partial charge in [-0.15, -0.1) is 0 Å². The first-order chi connectivity index (χ1) is 8.58. The standard InChI is InChI=1S/C13H7F4O/c14-10-5-2-6-11(15)12(10)8-3-1-4-9(7-8)18-13(16)17/h1-3,5-7,13H. The topological polar surface area (TPSA) is 9.23 Å². The maximum atomic E-state index is 13.5. The zero-order valence-electron chi connectivity index (χ0n) is 8.96. The average Bonchev–Trinajstić information content (AvgIpc) is 2.28. The largest absolute Gasteiger partial charge is 0.434 e. The van der Waals surface area contributed by atoms with E-state index in [0.29, 0.717) is 0 Å². The molecule has 0 unspecified atom stereocenters. The first-order valence-corrected chi connectivity index (χ1v) is 4.99. The molecule has 0 aliphatic carbocycles. The van der Waals surface area contributed by atoms with Gasteiger partial charge in [0.25, 0.3) is 0 Å². The van der Waals surface area contributed by atoms with E-state index in [0.717, 1.165) is 18.2 Å². The summed E-state index contributed by atoms with van der Waals surface area (Å²) in [7, 11) is 0. The van der Waals surface area contributed by atoms with Crippen LogP contribution in [0, 0.1) is 17.7 Å². The maximum Gasteiger partial charge on any atom is 0.387 e. The van der Waals surface area contributed by atoms with Crippen LogP contribution in [0.15, 0.2) is 36.4 Å². The molecule has 93 valence electrons. The number of benzene rings is 2. The first kappa shape index (κ1) is 12.4. The second-order valence-corrected chi connectivity index (χ2v) is 3.42. The number of ether oxygens (including phenoxy) is 1. The molecule has 0 saturated heterocycles. The van der Waals surface area contributed by atoms with Crippen LogP contribution < -0.4 is 4.74 Å². The van der Waals surface area contributed by atoms with E-state index in [-0.39, 0.29) is 16.9 Å². The predicted octanol–water partition coefficient (Wildman–Crippen LogP) is 4.03. The molecule has 0 N–H and O–H groups in total. The Morgan fingerprint density at radius 3 is 2.33 bits per heavy atom. The Morgan fingerprint density at radius 1 is 1.06 bits per heavy atom. The third kappa shape index (κ3) is 2.61. The molecule has 1 radical (unpaired) electrons. The molecule has 0 amide bonds. The summed E-state index contributed by atoms with van der Waals surface area (Å²) in [5.74, 6) is -1.82. The van der Waals surface area contributed by atoms with Crippen LogP contribution in [0.3, 0.4) is 0 Å². The van der Waals surface area contributed by atoms with Crippen LogP contribution >= 0.6 is 0 Å². The van der Waals surface area contributed by atoms with Gasteiger partial charge in [0.05, 0.1) is 5.56 Å². The summed E-state index contributed by atoms with van der Waals surface area (Å²) in [5, 5.41) is 0. The van der Waals surface area contributed by atoms with Crippen molar-refractivity contribution in [3.05, 3.63) is 54.1 Å². The zero-order chi connectivity index (χ0) is 13.1. The van der Waals surface area contributed by atoms with E-state index in [9.17, 15) is 17.6 Å². The van der Waals surface area contributed by atoms with Gasteiger partial charge in [0.2, 0.25) is 0 Å². The number of alkyl halides is 2. The highest BCUT2D eigenvalue weighted by molar-refractivity contribution is 5.66. The Morgan fingerprint density at radius 2 is 1.72 bits per heavy atom. The van der Waals surface area contributed by atoms with Crippen molar-refractivity contribution in [3.8, 4) is 16.9 Å². The van der Waals surface area contributed by atoms with Gasteiger partial charge in [-0.2, -0.15) is 8.78 Å². The lowest BCUT2D eigenvalue weighted by Gasteiger charge is -2.08. The van der Waals surface area contributed by atoms with Crippen LogP contribution in [0.25, 0.3) is 11.1 Å². The fourth-order valence-electron chi connectivity index (χ4n) is 1.54. The monoisotopic (exact) mass is 255 g/mol. The Hall–Kier alpha value is -2.04. The zero-order valence-corrected chi connectivity index (χ0v) is 8.96. The predicted molar refractivity (Wildman–Crippen MR) is 57.3 cm³/mol. The van der Waals surface area contributed by atoms with Gasteiger partial charge in [0.15, 0.2) is 0 Å². The van der Waals surface area contributed by atoms with Crippen LogP contribution in [0.4, 0.5) is 17.6 Å². The molecule has 0 atom stereocenters. The summed E-state index contributed by atoms with van der Waals surface area (Å²) in [4.78, 5) is 0. The average molecular weight is 255 g/mol. The minimum atomic E-state index is -3.01. The quantitative estimate of drug-likeness (QED) is 0.752. The van der Waals surface area contributed by atoms with Crippen molar-refractivity contribution in [2.45, 2.75) is 6.61 Å². The molecule has 0 heterocycles. The molecule has 2 aromatic rings. The van der Waals surface area contributed by atoms with Crippen LogP contribution in [-0.2, 0) is 0 Å². The Labute approximate surface area is 101 Å². The van der Waals surface area contributed by atoms with Gasteiger partial charge in [-0.3, -0.25) is 0 Å². The van der Waals surface area contributed by atoms with Crippen LogP contribution in [-0.4, -0.2) is 6.61 Å². The molecule has 0 aliphatic rings. The van der Waals surface area contributed by atoms with Crippen molar-refractivity contribution < 1.29 is 22.3 Å². The van der Waals surface area contributed by atoms with Crippen molar-refractivity contribution in [2.75, 3.05) is 0 Å². The van der Waals surface area contributed by atoms with E-state index in [1.165, 1.54) is 18.2 Å². The highest BCUT2D eigenvalue weighted by Gasteiger charge is 2.12. The lowest BCUT2D eigenvalue weighted by molar-refractivity contribution is -0.0499. The fourth-order valence-corrected chi connectivity index (χ4v) is 1.54. The molecule has 0 spiro atoms. The highest BCUT2D eigenvalue weighted by atomic mass is 19.3. The van der Waals surface area contributed by atoms with Crippen molar-refractivity contribution >= 4 is 0 Å². The van der Waals surface area contributed by atoms with Crippen molar-refractivity contribution in [1.82, 2.24) is 0 Å². The third-order valence-electron chi connectivity index (χ3n) is 2.24. The fraction of sp³-hybridized carbons (Fsp3) is 0.0769. The van der Waals surface area contributed by atoms with Gasteiger partial charge < -0.3 is 4.74 Å². The van der Waals surface area contributed by atoms with Crippen LogP contribution in [0.1, 0.15) is 0 Å². The Bertz CT molecular complexity index is 534. The summed E-state index contributed by atoms with van der Waals surface area (Å²) in [6.45, 7) is -3.01. The lowest BCUT2D eigenvalue weighted by atomic mass is 10.0. The SMILES string of the molecule is Fc1cccc(F)c1-c1cc[c]c(OC(F)F)c1. The third-order valence-corrected chi connectivity index (χ3v) is 2.24. The summed E-state index contributed by atoms with van der Waals surface area (Å²) in [6, 6.07) is 9.52. The number of halogens is 4. The number of hydrogen-bond acceptors (Lipinski definition) is 1. The van der Waals surface area contributed by atoms with Crippen LogP contribution in [0.5, 0.6) is 5.75 Å². The molecule has 1 nitrogen and oxygen atoms in total. The molecule has 0 bridgehead atoms. The molecule has 0 aromatic heterocycles. The smallest absolute Gasteiger partial charge is 0.387 e. The first-order valence-electron chi connectivity index (χ1n) is 4.99. The normalized spacial score (nSPS) is 10.7. The molecule has 2 rings (SSSR count). The van der Waals surface area contributed by atoms with E-state index < -0.39 is 18.2 Å². The van der Waals surface area contributed by atoms with Gasteiger partial charge >= 0.3 is 6.61 Å². The van der Waals surface area contributed by atoms with E-state index in [2.05, 4.69) is 10.8 Å².